The minimum absolute atomic E-state index is 0.0345. The fourth-order valence-corrected chi connectivity index (χ4v) is 3.52. The summed E-state index contributed by atoms with van der Waals surface area (Å²) in [6.07, 6.45) is 14.5. The van der Waals surface area contributed by atoms with Crippen molar-refractivity contribution in [3.05, 3.63) is 53.6 Å². The van der Waals surface area contributed by atoms with E-state index < -0.39 is 0 Å². The van der Waals surface area contributed by atoms with Crippen LogP contribution in [0.1, 0.15) is 94.0 Å². The summed E-state index contributed by atoms with van der Waals surface area (Å²) in [6, 6.07) is 12.4. The van der Waals surface area contributed by atoms with E-state index >= 15 is 0 Å². The number of carbonyl (C=O) groups is 1. The monoisotopic (exact) mass is 423 g/mol. The maximum absolute atomic E-state index is 11.7. The fourth-order valence-electron chi connectivity index (χ4n) is 3.52. The summed E-state index contributed by atoms with van der Waals surface area (Å²) in [5.41, 5.74) is 1.75. The van der Waals surface area contributed by atoms with Gasteiger partial charge in [-0.25, -0.2) is 0 Å². The van der Waals surface area contributed by atoms with Crippen molar-refractivity contribution in [1.29, 1.82) is 0 Å². The van der Waals surface area contributed by atoms with Gasteiger partial charge in [-0.05, 0) is 37.6 Å². The Kier molecular flexibility index (Phi) is 11.4. The largest absolute Gasteiger partial charge is 0.507 e. The maximum Gasteiger partial charge on any atom is 0.161 e. The first-order valence-electron chi connectivity index (χ1n) is 11.7. The highest BCUT2D eigenvalue weighted by Crippen LogP contribution is 2.24. The lowest BCUT2D eigenvalue weighted by Gasteiger charge is -2.08. The van der Waals surface area contributed by atoms with Gasteiger partial charge in [0.05, 0.1) is 12.3 Å². The number of aromatic hydroxyl groups is 1. The Morgan fingerprint density at radius 1 is 0.935 bits per heavy atom. The topological polar surface area (TPSA) is 58.9 Å². The molecule has 0 radical (unpaired) electrons. The molecular weight excluding hydrogens is 386 g/mol. The number of benzene rings is 2. The average molecular weight is 424 g/mol. The molecule has 0 fully saturated rings. The molecule has 0 saturated carbocycles. The fraction of sp³-hybridized carbons (Fsp3) is 0.481. The molecule has 0 spiro atoms. The molecule has 0 heterocycles. The highest BCUT2D eigenvalue weighted by atomic mass is 16.5. The van der Waals surface area contributed by atoms with E-state index in [-0.39, 0.29) is 11.5 Å². The quantitative estimate of drug-likeness (QED) is 0.182. The minimum atomic E-state index is -0.0345. The van der Waals surface area contributed by atoms with Crippen LogP contribution in [-0.2, 0) is 0 Å². The van der Waals surface area contributed by atoms with Gasteiger partial charge in [-0.3, -0.25) is 9.79 Å². The normalized spacial score (nSPS) is 11.2. The van der Waals surface area contributed by atoms with Crippen LogP contribution in [0.5, 0.6) is 11.5 Å². The Hall–Kier alpha value is -2.62. The Labute approximate surface area is 187 Å². The number of ketones is 1. The molecule has 0 saturated heterocycles. The Balaban J connectivity index is 1.70. The van der Waals surface area contributed by atoms with E-state index in [0.717, 1.165) is 6.42 Å². The Morgan fingerprint density at radius 2 is 1.58 bits per heavy atom. The van der Waals surface area contributed by atoms with Gasteiger partial charge < -0.3 is 9.84 Å². The van der Waals surface area contributed by atoms with Crippen LogP contribution in [0, 0.1) is 0 Å². The predicted molar refractivity (Wildman–Crippen MR) is 129 cm³/mol. The number of phenols is 1. The van der Waals surface area contributed by atoms with Gasteiger partial charge in [0.25, 0.3) is 0 Å². The zero-order chi connectivity index (χ0) is 22.3. The second kappa shape index (κ2) is 14.4. The number of hydrogen-bond donors (Lipinski definition) is 1. The van der Waals surface area contributed by atoms with E-state index in [1.165, 1.54) is 64.7 Å². The summed E-state index contributed by atoms with van der Waals surface area (Å²) in [4.78, 5) is 16.1. The van der Waals surface area contributed by atoms with Gasteiger partial charge in [-0.15, -0.1) is 0 Å². The maximum atomic E-state index is 11.7. The molecule has 31 heavy (non-hydrogen) atoms. The van der Waals surface area contributed by atoms with Crippen molar-refractivity contribution in [3.8, 4) is 11.5 Å². The predicted octanol–water partition coefficient (Wildman–Crippen LogP) is 7.65. The van der Waals surface area contributed by atoms with E-state index in [9.17, 15) is 9.90 Å². The molecule has 2 rings (SSSR count). The van der Waals surface area contributed by atoms with Crippen molar-refractivity contribution >= 4 is 17.7 Å². The van der Waals surface area contributed by atoms with Crippen LogP contribution < -0.4 is 4.74 Å². The number of carbonyl (C=O) groups excluding carboxylic acids is 1. The zero-order valence-corrected chi connectivity index (χ0v) is 19.1. The van der Waals surface area contributed by atoms with E-state index in [4.69, 9.17) is 4.74 Å². The summed E-state index contributed by atoms with van der Waals surface area (Å²) in [5, 5.41) is 10.3. The van der Waals surface area contributed by atoms with Crippen molar-refractivity contribution in [2.75, 3.05) is 6.61 Å². The number of hydrogen-bond acceptors (Lipinski definition) is 4. The number of nitrogens with zero attached hydrogens (tertiary/aromatic N) is 1. The van der Waals surface area contributed by atoms with Crippen molar-refractivity contribution in [2.45, 2.75) is 78.1 Å². The molecule has 0 unspecified atom stereocenters. The van der Waals surface area contributed by atoms with Gasteiger partial charge in [0.2, 0.25) is 0 Å². The highest BCUT2D eigenvalue weighted by Gasteiger charge is 2.06. The standard InChI is InChI=1S/C27H37NO3/c1-3-4-5-6-7-8-9-10-11-14-19-31-24-18-17-23(27(30)20-24)21-28-26-16-13-12-15-25(26)22(2)29/h12-13,15-18,20-21,30H,3-11,14,19H2,1-2H3. The summed E-state index contributed by atoms with van der Waals surface area (Å²) < 4.78 is 5.78. The summed E-state index contributed by atoms with van der Waals surface area (Å²) in [5.74, 6) is 0.743. The van der Waals surface area contributed by atoms with E-state index in [1.54, 1.807) is 30.5 Å². The summed E-state index contributed by atoms with van der Waals surface area (Å²) in [7, 11) is 0. The van der Waals surface area contributed by atoms with Crippen LogP contribution in [-0.4, -0.2) is 23.7 Å². The van der Waals surface area contributed by atoms with Gasteiger partial charge in [-0.2, -0.15) is 0 Å². The number of unbranched alkanes of at least 4 members (excludes halogenated alkanes) is 9. The van der Waals surface area contributed by atoms with Crippen LogP contribution in [0.25, 0.3) is 0 Å². The first-order valence-corrected chi connectivity index (χ1v) is 11.7. The van der Waals surface area contributed by atoms with Gasteiger partial charge >= 0.3 is 0 Å². The van der Waals surface area contributed by atoms with Crippen molar-refractivity contribution in [3.63, 3.8) is 0 Å². The van der Waals surface area contributed by atoms with Crippen molar-refractivity contribution in [1.82, 2.24) is 0 Å². The molecule has 168 valence electrons. The molecule has 2 aromatic carbocycles. The molecular formula is C27H37NO3. The van der Waals surface area contributed by atoms with Crippen molar-refractivity contribution in [2.24, 2.45) is 4.99 Å². The third kappa shape index (κ3) is 9.37. The highest BCUT2D eigenvalue weighted by molar-refractivity contribution is 6.00. The van der Waals surface area contributed by atoms with Crippen molar-refractivity contribution < 1.29 is 14.6 Å². The SMILES string of the molecule is CCCCCCCCCCCCOc1ccc(C=Nc2ccccc2C(C)=O)c(O)c1. The number of ether oxygens (including phenoxy) is 1. The number of Topliss-reactive ketones (excluding diaryl/α,β-unsaturated/α-hetero) is 1. The second-order valence-electron chi connectivity index (χ2n) is 8.08. The van der Waals surface area contributed by atoms with Crippen LogP contribution in [0.3, 0.4) is 0 Å². The molecule has 0 aromatic heterocycles. The molecule has 0 aliphatic rings. The van der Waals surface area contributed by atoms with Gasteiger partial charge in [0, 0.05) is 23.4 Å². The number of para-hydroxylation sites is 1. The molecule has 1 N–H and O–H groups in total. The van der Waals surface area contributed by atoms with Crippen LogP contribution >= 0.6 is 0 Å². The lowest BCUT2D eigenvalue weighted by molar-refractivity contribution is 0.101. The van der Waals surface area contributed by atoms with Gasteiger partial charge in [-0.1, -0.05) is 76.8 Å². The number of rotatable bonds is 15. The first-order chi connectivity index (χ1) is 15.1. The van der Waals surface area contributed by atoms with Crippen LogP contribution in [0.15, 0.2) is 47.5 Å². The summed E-state index contributed by atoms with van der Waals surface area (Å²) in [6.45, 7) is 4.44. The van der Waals surface area contributed by atoms with Crippen LogP contribution in [0.2, 0.25) is 0 Å². The van der Waals surface area contributed by atoms with E-state index in [1.807, 2.05) is 18.2 Å². The molecule has 2 aromatic rings. The minimum Gasteiger partial charge on any atom is -0.507 e. The Bertz CT molecular complexity index is 829. The Morgan fingerprint density at radius 3 is 2.23 bits per heavy atom. The zero-order valence-electron chi connectivity index (χ0n) is 19.1. The van der Waals surface area contributed by atoms with Crippen LogP contribution in [0.4, 0.5) is 5.69 Å². The number of phenolic OH excluding ortho intramolecular Hbond substituents is 1. The molecule has 0 atom stereocenters. The lowest BCUT2D eigenvalue weighted by Crippen LogP contribution is -1.97. The lowest BCUT2D eigenvalue weighted by atomic mass is 10.1. The summed E-state index contributed by atoms with van der Waals surface area (Å²) >= 11 is 0. The third-order valence-electron chi connectivity index (χ3n) is 5.39. The van der Waals surface area contributed by atoms with Gasteiger partial charge in [0.15, 0.2) is 5.78 Å². The number of aliphatic imine (C=N–C) groups is 1. The molecule has 4 heteroatoms. The van der Waals surface area contributed by atoms with E-state index in [2.05, 4.69) is 11.9 Å². The first kappa shape index (κ1) is 24.6. The van der Waals surface area contributed by atoms with E-state index in [0.29, 0.717) is 29.2 Å². The molecule has 0 aliphatic heterocycles. The third-order valence-corrected chi connectivity index (χ3v) is 5.39. The molecule has 0 bridgehead atoms. The average Bonchev–Trinajstić information content (AvgIpc) is 2.77. The molecule has 4 nitrogen and oxygen atoms in total. The molecule has 0 amide bonds. The second-order valence-corrected chi connectivity index (χ2v) is 8.08. The molecule has 0 aliphatic carbocycles. The smallest absolute Gasteiger partial charge is 0.161 e. The van der Waals surface area contributed by atoms with Gasteiger partial charge in [0.1, 0.15) is 11.5 Å².